The predicted molar refractivity (Wildman–Crippen MR) is 25.1 cm³/mol. The molecule has 0 saturated carbocycles. The van der Waals surface area contributed by atoms with Gasteiger partial charge >= 0.3 is 0 Å². The van der Waals surface area contributed by atoms with Crippen molar-refractivity contribution < 1.29 is 4.79 Å². The third-order valence-electron chi connectivity index (χ3n) is 1.23. The molecule has 2 N–H and O–H groups in total. The minimum absolute atomic E-state index is 0.0486. The topological polar surface area (TPSA) is 46.3 Å². The molecule has 1 aliphatic heterocycles. The summed E-state index contributed by atoms with van der Waals surface area (Å²) >= 11 is 0. The van der Waals surface area contributed by atoms with E-state index in [1.807, 2.05) is 6.92 Å². The van der Waals surface area contributed by atoms with Crippen molar-refractivity contribution in [2.24, 2.45) is 5.84 Å². The first kappa shape index (κ1) is 4.59. The summed E-state index contributed by atoms with van der Waals surface area (Å²) in [5.74, 6) is 5.20. The summed E-state index contributed by atoms with van der Waals surface area (Å²) in [5.41, 5.74) is 0. The van der Waals surface area contributed by atoms with E-state index < -0.39 is 0 Å². The molecule has 1 unspecified atom stereocenters. The number of hydrogen-bond acceptors (Lipinski definition) is 2. The Balaban J connectivity index is 2.43. The zero-order chi connectivity index (χ0) is 5.44. The molecule has 40 valence electrons. The monoisotopic (exact) mass is 100 g/mol. The zero-order valence-electron chi connectivity index (χ0n) is 4.22. The Morgan fingerprint density at radius 3 is 2.57 bits per heavy atom. The molecule has 0 aromatic rings. The molecule has 1 amide bonds. The van der Waals surface area contributed by atoms with Gasteiger partial charge in [-0.05, 0) is 6.92 Å². The lowest BCUT2D eigenvalue weighted by molar-refractivity contribution is -0.145. The number of nitrogens with two attached hydrogens (primary N) is 1. The maximum absolute atomic E-state index is 10.2. The molecule has 7 heavy (non-hydrogen) atoms. The predicted octanol–water partition coefficient (Wildman–Crippen LogP) is -0.519. The molecule has 0 spiro atoms. The quantitative estimate of drug-likeness (QED) is 0.253. The fourth-order valence-corrected chi connectivity index (χ4v) is 0.590. The number of hydrazine groups is 1. The number of β-lactam (4-membered cyclic amide) rings is 1. The molecule has 0 radical (unpaired) electrons. The van der Waals surface area contributed by atoms with E-state index in [4.69, 9.17) is 5.84 Å². The SMILES string of the molecule is CC1CC(=O)N1N. The van der Waals surface area contributed by atoms with Gasteiger partial charge in [0.25, 0.3) is 0 Å². The van der Waals surface area contributed by atoms with Crippen LogP contribution in [-0.4, -0.2) is 17.0 Å². The van der Waals surface area contributed by atoms with Crippen LogP contribution in [-0.2, 0) is 4.79 Å². The van der Waals surface area contributed by atoms with Crippen LogP contribution in [0.15, 0.2) is 0 Å². The van der Waals surface area contributed by atoms with Crippen LogP contribution >= 0.6 is 0 Å². The Morgan fingerprint density at radius 1 is 2.00 bits per heavy atom. The Morgan fingerprint density at radius 2 is 2.57 bits per heavy atom. The third kappa shape index (κ3) is 0.489. The Labute approximate surface area is 42.1 Å². The molecule has 1 rings (SSSR count). The number of carbonyl (C=O) groups excluding carboxylic acids is 1. The molecule has 0 bridgehead atoms. The number of carbonyl (C=O) groups is 1. The largest absolute Gasteiger partial charge is 0.277 e. The van der Waals surface area contributed by atoms with E-state index >= 15 is 0 Å². The highest BCUT2D eigenvalue weighted by Gasteiger charge is 2.28. The van der Waals surface area contributed by atoms with E-state index in [1.54, 1.807) is 0 Å². The standard InChI is InChI=1S/C4H8N2O/c1-3-2-4(7)6(3)5/h3H,2,5H2,1H3. The second-order valence-electron chi connectivity index (χ2n) is 1.85. The van der Waals surface area contributed by atoms with Gasteiger partial charge in [0.05, 0.1) is 6.04 Å². The number of hydrogen-bond donors (Lipinski definition) is 1. The molecule has 0 aromatic carbocycles. The van der Waals surface area contributed by atoms with Crippen molar-refractivity contribution in [1.29, 1.82) is 0 Å². The first-order valence-corrected chi connectivity index (χ1v) is 2.28. The lowest BCUT2D eigenvalue weighted by Crippen LogP contribution is -2.55. The summed E-state index contributed by atoms with van der Waals surface area (Å²) < 4.78 is 0. The van der Waals surface area contributed by atoms with E-state index in [9.17, 15) is 4.79 Å². The molecule has 1 saturated heterocycles. The van der Waals surface area contributed by atoms with Gasteiger partial charge in [-0.15, -0.1) is 0 Å². The minimum Gasteiger partial charge on any atom is -0.277 e. The maximum Gasteiger partial charge on any atom is 0.238 e. The van der Waals surface area contributed by atoms with Crippen molar-refractivity contribution in [3.63, 3.8) is 0 Å². The van der Waals surface area contributed by atoms with Gasteiger partial charge in [0.15, 0.2) is 0 Å². The first-order chi connectivity index (χ1) is 3.22. The van der Waals surface area contributed by atoms with E-state index in [-0.39, 0.29) is 11.9 Å². The van der Waals surface area contributed by atoms with Crippen LogP contribution in [0.4, 0.5) is 0 Å². The van der Waals surface area contributed by atoms with Crippen LogP contribution in [0.2, 0.25) is 0 Å². The summed E-state index contributed by atoms with van der Waals surface area (Å²) in [6.07, 6.45) is 0.622. The zero-order valence-corrected chi connectivity index (χ0v) is 4.22. The van der Waals surface area contributed by atoms with Crippen molar-refractivity contribution in [1.82, 2.24) is 5.01 Å². The lowest BCUT2D eigenvalue weighted by Gasteiger charge is -2.33. The van der Waals surface area contributed by atoms with Crippen LogP contribution in [0.3, 0.4) is 0 Å². The molecule has 1 heterocycles. The van der Waals surface area contributed by atoms with Crippen LogP contribution in [0, 0.1) is 0 Å². The minimum atomic E-state index is 0.0486. The van der Waals surface area contributed by atoms with Crippen molar-refractivity contribution in [2.75, 3.05) is 0 Å². The molecule has 0 aromatic heterocycles. The molecule has 0 aliphatic carbocycles. The van der Waals surface area contributed by atoms with Gasteiger partial charge in [0.1, 0.15) is 0 Å². The van der Waals surface area contributed by atoms with Crippen LogP contribution in [0.25, 0.3) is 0 Å². The molecule has 1 atom stereocenters. The fraction of sp³-hybridized carbons (Fsp3) is 0.750. The molecule has 1 fully saturated rings. The highest BCUT2D eigenvalue weighted by molar-refractivity contribution is 5.82. The van der Waals surface area contributed by atoms with Crippen molar-refractivity contribution in [2.45, 2.75) is 19.4 Å². The second kappa shape index (κ2) is 1.20. The smallest absolute Gasteiger partial charge is 0.238 e. The van der Waals surface area contributed by atoms with Gasteiger partial charge in [0, 0.05) is 6.42 Å². The number of amides is 1. The van der Waals surface area contributed by atoms with Gasteiger partial charge in [-0.1, -0.05) is 0 Å². The van der Waals surface area contributed by atoms with Gasteiger partial charge in [0.2, 0.25) is 5.91 Å². The van der Waals surface area contributed by atoms with Gasteiger partial charge < -0.3 is 0 Å². The third-order valence-corrected chi connectivity index (χ3v) is 1.23. The maximum atomic E-state index is 10.2. The molecular weight excluding hydrogens is 92.1 g/mol. The van der Waals surface area contributed by atoms with Crippen LogP contribution in [0.1, 0.15) is 13.3 Å². The van der Waals surface area contributed by atoms with E-state index in [0.29, 0.717) is 6.42 Å². The summed E-state index contributed by atoms with van der Waals surface area (Å²) in [6, 6.07) is 0.271. The van der Waals surface area contributed by atoms with E-state index in [2.05, 4.69) is 0 Å². The van der Waals surface area contributed by atoms with Gasteiger partial charge in [-0.3, -0.25) is 9.80 Å². The molecular formula is C4H8N2O. The lowest BCUT2D eigenvalue weighted by atomic mass is 10.1. The van der Waals surface area contributed by atoms with Gasteiger partial charge in [-0.25, -0.2) is 5.84 Å². The van der Waals surface area contributed by atoms with Crippen molar-refractivity contribution >= 4 is 5.91 Å². The van der Waals surface area contributed by atoms with E-state index in [0.717, 1.165) is 0 Å². The van der Waals surface area contributed by atoms with E-state index in [1.165, 1.54) is 5.01 Å². The van der Waals surface area contributed by atoms with Crippen LogP contribution < -0.4 is 5.84 Å². The Hall–Kier alpha value is -0.570. The highest BCUT2D eigenvalue weighted by Crippen LogP contribution is 2.11. The Bertz CT molecular complexity index is 102. The number of rotatable bonds is 0. The molecule has 3 heteroatoms. The van der Waals surface area contributed by atoms with Crippen LogP contribution in [0.5, 0.6) is 0 Å². The summed E-state index contributed by atoms with van der Waals surface area (Å²) in [5, 5.41) is 1.25. The fourth-order valence-electron chi connectivity index (χ4n) is 0.590. The average molecular weight is 100 g/mol. The normalized spacial score (nSPS) is 30.3. The summed E-state index contributed by atoms with van der Waals surface area (Å²) in [6.45, 7) is 1.92. The summed E-state index contributed by atoms with van der Waals surface area (Å²) in [4.78, 5) is 10.2. The highest BCUT2D eigenvalue weighted by atomic mass is 16.2. The van der Waals surface area contributed by atoms with Crippen molar-refractivity contribution in [3.05, 3.63) is 0 Å². The van der Waals surface area contributed by atoms with Crippen molar-refractivity contribution in [3.8, 4) is 0 Å². The van der Waals surface area contributed by atoms with Gasteiger partial charge in [-0.2, -0.15) is 0 Å². The molecule has 3 nitrogen and oxygen atoms in total. The summed E-state index contributed by atoms with van der Waals surface area (Å²) in [7, 11) is 0. The number of nitrogens with zero attached hydrogens (tertiary/aromatic N) is 1. The average Bonchev–Trinajstić information content (AvgIpc) is 1.68. The Kier molecular flexibility index (Phi) is 0.785. The second-order valence-corrected chi connectivity index (χ2v) is 1.85. The first-order valence-electron chi connectivity index (χ1n) is 2.28. The molecule has 1 aliphatic rings.